The van der Waals surface area contributed by atoms with E-state index in [1.807, 2.05) is 18.2 Å². The summed E-state index contributed by atoms with van der Waals surface area (Å²) in [7, 11) is 0. The lowest BCUT2D eigenvalue weighted by Gasteiger charge is -2.20. The molecule has 0 saturated carbocycles. The van der Waals surface area contributed by atoms with E-state index in [0.29, 0.717) is 0 Å². The van der Waals surface area contributed by atoms with Crippen molar-refractivity contribution in [3.63, 3.8) is 0 Å². The maximum Gasteiger partial charge on any atom is 0.170 e. The molecule has 1 aromatic carbocycles. The summed E-state index contributed by atoms with van der Waals surface area (Å²) in [5, 5.41) is 11.7. The van der Waals surface area contributed by atoms with E-state index < -0.39 is 0 Å². The van der Waals surface area contributed by atoms with Gasteiger partial charge in [0.2, 0.25) is 0 Å². The fourth-order valence-electron chi connectivity index (χ4n) is 2.44. The summed E-state index contributed by atoms with van der Waals surface area (Å²) < 4.78 is 0. The maximum absolute atomic E-state index is 8.69. The van der Waals surface area contributed by atoms with Gasteiger partial charge in [0, 0.05) is 12.1 Å². The van der Waals surface area contributed by atoms with Crippen molar-refractivity contribution in [1.82, 2.24) is 4.90 Å². The van der Waals surface area contributed by atoms with Gasteiger partial charge in [0.25, 0.3) is 0 Å². The zero-order valence-electron chi connectivity index (χ0n) is 10.7. The van der Waals surface area contributed by atoms with Crippen LogP contribution in [0.15, 0.2) is 29.4 Å². The first-order chi connectivity index (χ1) is 8.79. The van der Waals surface area contributed by atoms with Crippen LogP contribution < -0.4 is 5.73 Å². The zero-order valence-corrected chi connectivity index (χ0v) is 10.7. The van der Waals surface area contributed by atoms with E-state index in [4.69, 9.17) is 10.9 Å². The molecule has 0 radical (unpaired) electrons. The summed E-state index contributed by atoms with van der Waals surface area (Å²) in [4.78, 5) is 2.48. The van der Waals surface area contributed by atoms with Crippen molar-refractivity contribution in [3.8, 4) is 0 Å². The summed E-state index contributed by atoms with van der Waals surface area (Å²) in [5.74, 6) is 0.174. The second-order valence-corrected chi connectivity index (χ2v) is 4.88. The van der Waals surface area contributed by atoms with Gasteiger partial charge in [0.1, 0.15) is 0 Å². The van der Waals surface area contributed by atoms with E-state index in [1.165, 1.54) is 44.3 Å². The van der Waals surface area contributed by atoms with E-state index in [9.17, 15) is 0 Å². The minimum absolute atomic E-state index is 0.174. The molecule has 0 aromatic heterocycles. The molecule has 0 spiro atoms. The van der Waals surface area contributed by atoms with E-state index in [2.05, 4.69) is 16.1 Å². The molecular weight excluding hydrogens is 226 g/mol. The summed E-state index contributed by atoms with van der Waals surface area (Å²) in [5.41, 5.74) is 7.61. The Bertz CT molecular complexity index is 409. The van der Waals surface area contributed by atoms with Gasteiger partial charge in [-0.15, -0.1) is 0 Å². The van der Waals surface area contributed by atoms with Crippen LogP contribution in [0.5, 0.6) is 0 Å². The Kier molecular flexibility index (Phi) is 4.59. The predicted molar refractivity (Wildman–Crippen MR) is 72.7 cm³/mol. The van der Waals surface area contributed by atoms with Crippen molar-refractivity contribution >= 4 is 5.84 Å². The molecular formula is C14H21N3O. The number of nitrogens with zero attached hydrogens (tertiary/aromatic N) is 2. The normalized spacial score (nSPS) is 18.6. The Morgan fingerprint density at radius 2 is 1.94 bits per heavy atom. The smallest absolute Gasteiger partial charge is 0.170 e. The predicted octanol–water partition coefficient (Wildman–Crippen LogP) is 2.16. The molecule has 1 heterocycles. The second-order valence-electron chi connectivity index (χ2n) is 4.88. The third-order valence-corrected chi connectivity index (χ3v) is 3.44. The number of hydrogen-bond donors (Lipinski definition) is 2. The molecule has 1 aliphatic rings. The van der Waals surface area contributed by atoms with Crippen LogP contribution in [-0.2, 0) is 6.54 Å². The Morgan fingerprint density at radius 3 is 2.61 bits per heavy atom. The maximum atomic E-state index is 8.69. The second kappa shape index (κ2) is 6.40. The van der Waals surface area contributed by atoms with Gasteiger partial charge in [-0.3, -0.25) is 4.90 Å². The molecule has 98 valence electrons. The number of benzene rings is 1. The number of oxime groups is 1. The monoisotopic (exact) mass is 247 g/mol. The molecule has 0 unspecified atom stereocenters. The molecule has 4 nitrogen and oxygen atoms in total. The fraction of sp³-hybridized carbons (Fsp3) is 0.500. The minimum atomic E-state index is 0.174. The number of nitrogens with two attached hydrogens (primary N) is 1. The molecule has 4 heteroatoms. The van der Waals surface area contributed by atoms with Gasteiger partial charge in [-0.1, -0.05) is 36.2 Å². The van der Waals surface area contributed by atoms with E-state index in [-0.39, 0.29) is 5.84 Å². The molecule has 3 N–H and O–H groups in total. The van der Waals surface area contributed by atoms with Crippen LogP contribution in [0.2, 0.25) is 0 Å². The van der Waals surface area contributed by atoms with E-state index >= 15 is 0 Å². The average Bonchev–Trinajstić information content (AvgIpc) is 2.67. The topological polar surface area (TPSA) is 61.9 Å². The molecule has 0 atom stereocenters. The van der Waals surface area contributed by atoms with Gasteiger partial charge in [-0.25, -0.2) is 0 Å². The summed E-state index contributed by atoms with van der Waals surface area (Å²) >= 11 is 0. The molecule has 0 bridgehead atoms. The van der Waals surface area contributed by atoms with Crippen LogP contribution in [0.25, 0.3) is 0 Å². The van der Waals surface area contributed by atoms with Crippen molar-refractivity contribution in [2.75, 3.05) is 13.1 Å². The van der Waals surface area contributed by atoms with Crippen molar-refractivity contribution in [1.29, 1.82) is 0 Å². The van der Waals surface area contributed by atoms with Crippen molar-refractivity contribution < 1.29 is 5.21 Å². The lowest BCUT2D eigenvalue weighted by Crippen LogP contribution is -2.24. The van der Waals surface area contributed by atoms with Crippen LogP contribution in [0, 0.1) is 0 Å². The lowest BCUT2D eigenvalue weighted by molar-refractivity contribution is 0.277. The number of hydrogen-bond acceptors (Lipinski definition) is 3. The highest BCUT2D eigenvalue weighted by Crippen LogP contribution is 2.14. The highest BCUT2D eigenvalue weighted by molar-refractivity contribution is 5.97. The van der Waals surface area contributed by atoms with Crippen LogP contribution in [-0.4, -0.2) is 29.0 Å². The summed E-state index contributed by atoms with van der Waals surface area (Å²) in [6.07, 6.45) is 5.28. The van der Waals surface area contributed by atoms with Crippen molar-refractivity contribution in [2.24, 2.45) is 10.9 Å². The summed E-state index contributed by atoms with van der Waals surface area (Å²) in [6.45, 7) is 3.30. The molecule has 2 rings (SSSR count). The highest BCUT2D eigenvalue weighted by Gasteiger charge is 2.10. The largest absolute Gasteiger partial charge is 0.409 e. The Hall–Kier alpha value is -1.55. The molecule has 1 aliphatic heterocycles. The van der Waals surface area contributed by atoms with Gasteiger partial charge in [-0.2, -0.15) is 0 Å². The number of likely N-dealkylation sites (tertiary alicyclic amines) is 1. The third-order valence-electron chi connectivity index (χ3n) is 3.44. The Labute approximate surface area is 108 Å². The third kappa shape index (κ3) is 3.47. The van der Waals surface area contributed by atoms with Crippen LogP contribution in [0.3, 0.4) is 0 Å². The molecule has 1 saturated heterocycles. The molecule has 1 fully saturated rings. The quantitative estimate of drug-likeness (QED) is 0.372. The zero-order chi connectivity index (χ0) is 12.8. The van der Waals surface area contributed by atoms with Gasteiger partial charge in [0.15, 0.2) is 5.84 Å². The van der Waals surface area contributed by atoms with Crippen LogP contribution >= 0.6 is 0 Å². The van der Waals surface area contributed by atoms with E-state index in [1.54, 1.807) is 0 Å². The number of rotatable bonds is 3. The highest BCUT2D eigenvalue weighted by atomic mass is 16.4. The van der Waals surface area contributed by atoms with E-state index in [0.717, 1.165) is 12.1 Å². The average molecular weight is 247 g/mol. The molecule has 0 aliphatic carbocycles. The Balaban J connectivity index is 2.04. The lowest BCUT2D eigenvalue weighted by atomic mass is 10.1. The van der Waals surface area contributed by atoms with Gasteiger partial charge in [0.05, 0.1) is 0 Å². The standard InChI is InChI=1S/C14H21N3O/c15-14(16-18)13-7-5-6-12(10-13)11-17-8-3-1-2-4-9-17/h5-7,10,18H,1-4,8-9,11H2,(H2,15,16). The van der Waals surface area contributed by atoms with Gasteiger partial charge < -0.3 is 10.9 Å². The first-order valence-electron chi connectivity index (χ1n) is 6.59. The van der Waals surface area contributed by atoms with Crippen molar-refractivity contribution in [3.05, 3.63) is 35.4 Å². The fourth-order valence-corrected chi connectivity index (χ4v) is 2.44. The van der Waals surface area contributed by atoms with Gasteiger partial charge >= 0.3 is 0 Å². The van der Waals surface area contributed by atoms with Crippen LogP contribution in [0.4, 0.5) is 0 Å². The van der Waals surface area contributed by atoms with Crippen LogP contribution in [0.1, 0.15) is 36.8 Å². The molecule has 18 heavy (non-hydrogen) atoms. The SMILES string of the molecule is N/C(=N\O)c1cccc(CN2CCCCCC2)c1. The molecule has 0 amide bonds. The van der Waals surface area contributed by atoms with Crippen molar-refractivity contribution in [2.45, 2.75) is 32.2 Å². The minimum Gasteiger partial charge on any atom is -0.409 e. The summed E-state index contributed by atoms with van der Waals surface area (Å²) in [6, 6.07) is 7.92. The first-order valence-corrected chi connectivity index (χ1v) is 6.59. The van der Waals surface area contributed by atoms with Gasteiger partial charge in [-0.05, 0) is 37.6 Å². The Morgan fingerprint density at radius 1 is 1.22 bits per heavy atom. The first kappa shape index (κ1) is 12.9. The number of amidine groups is 1. The molecule has 1 aromatic rings.